The minimum Gasteiger partial charge on any atom is -0.480 e. The Hall–Kier alpha value is -2.09. The van der Waals surface area contributed by atoms with Crippen LogP contribution in [0.5, 0.6) is 0 Å². The Morgan fingerprint density at radius 3 is 2.33 bits per heavy atom. The van der Waals surface area contributed by atoms with Crippen LogP contribution in [0.15, 0.2) is 29.2 Å². The second-order valence-electron chi connectivity index (χ2n) is 4.67. The Morgan fingerprint density at radius 2 is 1.90 bits per heavy atom. The summed E-state index contributed by atoms with van der Waals surface area (Å²) in [4.78, 5) is 33.4. The van der Waals surface area contributed by atoms with Crippen LogP contribution in [-0.2, 0) is 9.59 Å². The lowest BCUT2D eigenvalue weighted by molar-refractivity contribution is -0.384. The number of nitrogens with one attached hydrogen (secondary N) is 1. The molecule has 0 heterocycles. The number of nitrogens with zero attached hydrogens (tertiary/aromatic N) is 1. The van der Waals surface area contributed by atoms with Crippen LogP contribution in [0.3, 0.4) is 0 Å². The lowest BCUT2D eigenvalue weighted by Crippen LogP contribution is -2.45. The number of nitro groups is 1. The zero-order chi connectivity index (χ0) is 16.0. The fraction of sp³-hybridized carbons (Fsp3) is 0.385. The number of carbonyl (C=O) groups excluding carboxylic acids is 1. The first-order chi connectivity index (χ1) is 9.81. The maximum Gasteiger partial charge on any atom is 0.326 e. The zero-order valence-corrected chi connectivity index (χ0v) is 12.4. The van der Waals surface area contributed by atoms with E-state index in [0.29, 0.717) is 4.90 Å². The Labute approximate surface area is 125 Å². The lowest BCUT2D eigenvalue weighted by atomic mass is 10.1. The van der Waals surface area contributed by atoms with Crippen molar-refractivity contribution in [3.63, 3.8) is 0 Å². The van der Waals surface area contributed by atoms with E-state index in [2.05, 4.69) is 5.32 Å². The van der Waals surface area contributed by atoms with Gasteiger partial charge in [0.1, 0.15) is 6.04 Å². The fourth-order valence-corrected chi connectivity index (χ4v) is 2.25. The predicted molar refractivity (Wildman–Crippen MR) is 78.2 cm³/mol. The molecule has 7 nitrogen and oxygen atoms in total. The smallest absolute Gasteiger partial charge is 0.326 e. The standard InChI is InChI=1S/C13H16N2O5S/c1-8(2)12(13(17)18)14-11(16)7-21-10-5-3-9(4-6-10)15(19)20/h3-6,8,12H,7H2,1-2H3,(H,14,16)(H,17,18). The number of amides is 1. The predicted octanol–water partition coefficient (Wildman–Crippen LogP) is 1.91. The maximum absolute atomic E-state index is 11.7. The molecule has 0 aliphatic heterocycles. The van der Waals surface area contributed by atoms with E-state index in [1.165, 1.54) is 23.9 Å². The van der Waals surface area contributed by atoms with Crippen molar-refractivity contribution in [1.82, 2.24) is 5.32 Å². The highest BCUT2D eigenvalue weighted by Gasteiger charge is 2.23. The summed E-state index contributed by atoms with van der Waals surface area (Å²) in [6.07, 6.45) is 0. The Morgan fingerprint density at radius 1 is 1.33 bits per heavy atom. The summed E-state index contributed by atoms with van der Waals surface area (Å²) in [5, 5.41) is 21.9. The molecule has 114 valence electrons. The summed E-state index contributed by atoms with van der Waals surface area (Å²) < 4.78 is 0. The van der Waals surface area contributed by atoms with Crippen molar-refractivity contribution >= 4 is 29.3 Å². The van der Waals surface area contributed by atoms with Crippen molar-refractivity contribution < 1.29 is 19.6 Å². The maximum atomic E-state index is 11.7. The second kappa shape index (κ2) is 7.63. The molecule has 0 saturated heterocycles. The third-order valence-electron chi connectivity index (χ3n) is 2.67. The first-order valence-corrected chi connectivity index (χ1v) is 7.19. The van der Waals surface area contributed by atoms with Crippen molar-refractivity contribution in [2.45, 2.75) is 24.8 Å². The zero-order valence-electron chi connectivity index (χ0n) is 11.6. The Balaban J connectivity index is 2.52. The van der Waals surface area contributed by atoms with Gasteiger partial charge < -0.3 is 10.4 Å². The number of carboxylic acid groups (broad SMARTS) is 1. The number of non-ortho nitro benzene ring substituents is 1. The van der Waals surface area contributed by atoms with Gasteiger partial charge in [-0.1, -0.05) is 13.8 Å². The number of aliphatic carboxylic acids is 1. The van der Waals surface area contributed by atoms with E-state index in [-0.39, 0.29) is 23.3 Å². The normalized spacial score (nSPS) is 12.0. The largest absolute Gasteiger partial charge is 0.480 e. The molecule has 8 heteroatoms. The van der Waals surface area contributed by atoms with Gasteiger partial charge in [-0.15, -0.1) is 11.8 Å². The van der Waals surface area contributed by atoms with E-state index in [1.54, 1.807) is 26.0 Å². The topological polar surface area (TPSA) is 110 Å². The van der Waals surface area contributed by atoms with Crippen LogP contribution >= 0.6 is 11.8 Å². The number of benzene rings is 1. The van der Waals surface area contributed by atoms with Crippen LogP contribution in [0.1, 0.15) is 13.8 Å². The van der Waals surface area contributed by atoms with Gasteiger partial charge in [0, 0.05) is 17.0 Å². The summed E-state index contributed by atoms with van der Waals surface area (Å²) in [6, 6.07) is 4.89. The monoisotopic (exact) mass is 312 g/mol. The van der Waals surface area contributed by atoms with Crippen LogP contribution in [0, 0.1) is 16.0 Å². The molecule has 1 amide bonds. The van der Waals surface area contributed by atoms with Gasteiger partial charge in [0.05, 0.1) is 10.7 Å². The minimum atomic E-state index is -1.07. The van der Waals surface area contributed by atoms with Crippen LogP contribution in [0.4, 0.5) is 5.69 Å². The third-order valence-corrected chi connectivity index (χ3v) is 3.68. The first kappa shape index (κ1) is 17.0. The highest BCUT2D eigenvalue weighted by Crippen LogP contribution is 2.21. The summed E-state index contributed by atoms with van der Waals surface area (Å²) in [5.41, 5.74) is -0.0189. The molecular formula is C13H16N2O5S. The van der Waals surface area contributed by atoms with Gasteiger partial charge in [-0.25, -0.2) is 4.79 Å². The molecule has 1 rings (SSSR count). The van der Waals surface area contributed by atoms with E-state index in [0.717, 1.165) is 0 Å². The molecule has 2 N–H and O–H groups in total. The number of hydrogen-bond acceptors (Lipinski definition) is 5. The van der Waals surface area contributed by atoms with Crippen molar-refractivity contribution in [1.29, 1.82) is 0 Å². The quantitative estimate of drug-likeness (QED) is 0.452. The summed E-state index contributed by atoms with van der Waals surface area (Å²) >= 11 is 1.19. The summed E-state index contributed by atoms with van der Waals surface area (Å²) in [7, 11) is 0. The Kier molecular flexibility index (Phi) is 6.16. The number of nitro benzene ring substituents is 1. The van der Waals surface area contributed by atoms with Gasteiger partial charge in [-0.3, -0.25) is 14.9 Å². The van der Waals surface area contributed by atoms with Gasteiger partial charge in [0.2, 0.25) is 5.91 Å². The summed E-state index contributed by atoms with van der Waals surface area (Å²) in [5.74, 6) is -1.62. The fourth-order valence-electron chi connectivity index (χ4n) is 1.54. The highest BCUT2D eigenvalue weighted by molar-refractivity contribution is 8.00. The van der Waals surface area contributed by atoms with Crippen molar-refractivity contribution in [2.24, 2.45) is 5.92 Å². The third kappa shape index (κ3) is 5.42. The van der Waals surface area contributed by atoms with Gasteiger partial charge in [0.25, 0.3) is 5.69 Å². The molecule has 0 aliphatic carbocycles. The number of hydrogen-bond donors (Lipinski definition) is 2. The van der Waals surface area contributed by atoms with Gasteiger partial charge >= 0.3 is 5.97 Å². The minimum absolute atomic E-state index is 0.0189. The molecule has 1 aromatic carbocycles. The van der Waals surface area contributed by atoms with Gasteiger partial charge in [0.15, 0.2) is 0 Å². The number of thioether (sulfide) groups is 1. The van der Waals surface area contributed by atoms with Gasteiger partial charge in [-0.2, -0.15) is 0 Å². The lowest BCUT2D eigenvalue weighted by Gasteiger charge is -2.17. The van der Waals surface area contributed by atoms with E-state index >= 15 is 0 Å². The molecule has 0 fully saturated rings. The van der Waals surface area contributed by atoms with E-state index in [4.69, 9.17) is 5.11 Å². The molecule has 0 spiro atoms. The van der Waals surface area contributed by atoms with Crippen LogP contribution < -0.4 is 5.32 Å². The molecule has 1 atom stereocenters. The SMILES string of the molecule is CC(C)C(NC(=O)CSc1ccc([N+](=O)[O-])cc1)C(=O)O. The van der Waals surface area contributed by atoms with E-state index in [9.17, 15) is 19.7 Å². The van der Waals surface area contributed by atoms with E-state index < -0.39 is 16.9 Å². The molecule has 21 heavy (non-hydrogen) atoms. The van der Waals surface area contributed by atoms with Crippen molar-refractivity contribution in [3.8, 4) is 0 Å². The molecule has 0 radical (unpaired) electrons. The summed E-state index contributed by atoms with van der Waals surface area (Å²) in [6.45, 7) is 3.42. The van der Waals surface area contributed by atoms with Crippen LogP contribution in [0.25, 0.3) is 0 Å². The average molecular weight is 312 g/mol. The van der Waals surface area contributed by atoms with Gasteiger partial charge in [-0.05, 0) is 18.1 Å². The molecule has 1 unspecified atom stereocenters. The average Bonchev–Trinajstić information content (AvgIpc) is 2.42. The molecule has 0 bridgehead atoms. The number of carbonyl (C=O) groups is 2. The number of carboxylic acids is 1. The molecule has 0 saturated carbocycles. The molecular weight excluding hydrogens is 296 g/mol. The van der Waals surface area contributed by atoms with Crippen LogP contribution in [-0.4, -0.2) is 33.7 Å². The molecule has 0 aliphatic rings. The number of rotatable bonds is 7. The molecule has 0 aromatic heterocycles. The highest BCUT2D eigenvalue weighted by atomic mass is 32.2. The second-order valence-corrected chi connectivity index (χ2v) is 5.72. The first-order valence-electron chi connectivity index (χ1n) is 6.20. The van der Waals surface area contributed by atoms with E-state index in [1.807, 2.05) is 0 Å². The van der Waals surface area contributed by atoms with Crippen LogP contribution in [0.2, 0.25) is 0 Å². The Bertz CT molecular complexity index is 530. The molecule has 1 aromatic rings. The van der Waals surface area contributed by atoms with Crippen molar-refractivity contribution in [3.05, 3.63) is 34.4 Å². The van der Waals surface area contributed by atoms with Crippen molar-refractivity contribution in [2.75, 3.05) is 5.75 Å².